The van der Waals surface area contributed by atoms with Crippen molar-refractivity contribution in [2.45, 2.75) is 6.04 Å². The first kappa shape index (κ1) is 6.92. The minimum absolute atomic E-state index is 0.0496. The average molecular weight is 116 g/mol. The van der Waals surface area contributed by atoms with Gasteiger partial charge in [-0.2, -0.15) is 0 Å². The fourth-order valence-electron chi connectivity index (χ4n) is 0.372. The van der Waals surface area contributed by atoms with E-state index in [1.165, 1.54) is 6.04 Å². The van der Waals surface area contributed by atoms with E-state index < -0.39 is 0 Å². The van der Waals surface area contributed by atoms with E-state index in [4.69, 9.17) is 4.74 Å². The number of ether oxygens (including phenoxy) is 1. The summed E-state index contributed by atoms with van der Waals surface area (Å²) in [5.41, 5.74) is 2.04. The molecule has 0 heterocycles. The van der Waals surface area contributed by atoms with Gasteiger partial charge in [-0.05, 0) is 6.04 Å². The van der Waals surface area contributed by atoms with Crippen LogP contribution in [0.4, 0.5) is 0 Å². The lowest BCUT2D eigenvalue weighted by Crippen LogP contribution is -1.91. The minimum Gasteiger partial charge on any atom is -0.385 e. The van der Waals surface area contributed by atoms with E-state index in [9.17, 15) is 0 Å². The smallest absolute Gasteiger partial charge is 0.0469 e. The molecular weight excluding hydrogens is 104 g/mol. The first-order valence-electron chi connectivity index (χ1n) is 2.51. The van der Waals surface area contributed by atoms with Crippen LogP contribution < -0.4 is 0 Å². The Labute approximate surface area is 47.2 Å². The molecule has 0 aliphatic rings. The second-order valence-electron chi connectivity index (χ2n) is 1.42. The average Bonchev–Trinajstić information content (AvgIpc) is 1.69. The van der Waals surface area contributed by atoms with Crippen LogP contribution in [0.5, 0.6) is 0 Å². The van der Waals surface area contributed by atoms with E-state index >= 15 is 0 Å². The molecule has 2 heteroatoms. The van der Waals surface area contributed by atoms with Crippen molar-refractivity contribution < 1.29 is 4.74 Å². The van der Waals surface area contributed by atoms with Crippen molar-refractivity contribution in [1.82, 2.24) is 0 Å². The third kappa shape index (κ3) is 5.92. The van der Waals surface area contributed by atoms with Crippen LogP contribution >= 0.6 is 0 Å². The SMILES string of the molecule is C=C[SiH2]CCOC. The zero-order chi connectivity index (χ0) is 5.54. The van der Waals surface area contributed by atoms with Gasteiger partial charge in [-0.15, -0.1) is 12.3 Å². The van der Waals surface area contributed by atoms with E-state index in [0.717, 1.165) is 6.61 Å². The van der Waals surface area contributed by atoms with Gasteiger partial charge in [-0.3, -0.25) is 0 Å². The molecule has 0 aromatic heterocycles. The lowest BCUT2D eigenvalue weighted by atomic mass is 10.9. The molecule has 0 radical (unpaired) electrons. The van der Waals surface area contributed by atoms with Crippen molar-refractivity contribution in [3.05, 3.63) is 12.3 Å². The maximum atomic E-state index is 4.83. The molecule has 0 aromatic rings. The largest absolute Gasteiger partial charge is 0.385 e. The van der Waals surface area contributed by atoms with Gasteiger partial charge in [-0.1, -0.05) is 0 Å². The highest BCUT2D eigenvalue weighted by atomic mass is 28.2. The first-order chi connectivity index (χ1) is 3.41. The van der Waals surface area contributed by atoms with Gasteiger partial charge in [-0.25, -0.2) is 0 Å². The molecule has 0 rings (SSSR count). The monoisotopic (exact) mass is 116 g/mol. The van der Waals surface area contributed by atoms with Gasteiger partial charge >= 0.3 is 0 Å². The lowest BCUT2D eigenvalue weighted by Gasteiger charge is -1.89. The predicted octanol–water partition coefficient (Wildman–Crippen LogP) is 0.363. The van der Waals surface area contributed by atoms with Crippen LogP contribution in [0.1, 0.15) is 0 Å². The van der Waals surface area contributed by atoms with Gasteiger partial charge in [0.25, 0.3) is 0 Å². The summed E-state index contributed by atoms with van der Waals surface area (Å²) in [4.78, 5) is 0. The van der Waals surface area contributed by atoms with Crippen LogP contribution in [-0.4, -0.2) is 23.2 Å². The Kier molecular flexibility index (Phi) is 5.85. The lowest BCUT2D eigenvalue weighted by molar-refractivity contribution is 0.215. The van der Waals surface area contributed by atoms with E-state index in [0.29, 0.717) is 0 Å². The van der Waals surface area contributed by atoms with Crippen molar-refractivity contribution in [3.63, 3.8) is 0 Å². The molecule has 0 aliphatic carbocycles. The second-order valence-corrected chi connectivity index (χ2v) is 3.29. The molecule has 0 aromatic carbocycles. The van der Waals surface area contributed by atoms with Crippen LogP contribution in [-0.2, 0) is 4.74 Å². The zero-order valence-corrected chi connectivity index (χ0v) is 6.23. The van der Waals surface area contributed by atoms with Crippen molar-refractivity contribution >= 4 is 9.52 Å². The van der Waals surface area contributed by atoms with E-state index in [1.54, 1.807) is 7.11 Å². The molecule has 0 bridgehead atoms. The quantitative estimate of drug-likeness (QED) is 0.381. The Bertz CT molecular complexity index is 45.3. The highest BCUT2D eigenvalue weighted by Gasteiger charge is 1.78. The van der Waals surface area contributed by atoms with Gasteiger partial charge in [0.2, 0.25) is 0 Å². The van der Waals surface area contributed by atoms with Gasteiger partial charge < -0.3 is 4.74 Å². The van der Waals surface area contributed by atoms with Gasteiger partial charge in [0.15, 0.2) is 0 Å². The van der Waals surface area contributed by atoms with Crippen LogP contribution in [0.3, 0.4) is 0 Å². The number of hydrogen-bond donors (Lipinski definition) is 0. The Morgan fingerprint density at radius 2 is 2.57 bits per heavy atom. The topological polar surface area (TPSA) is 9.23 Å². The molecule has 0 amide bonds. The summed E-state index contributed by atoms with van der Waals surface area (Å²) >= 11 is 0. The molecule has 0 saturated carbocycles. The summed E-state index contributed by atoms with van der Waals surface area (Å²) < 4.78 is 4.83. The highest BCUT2D eigenvalue weighted by Crippen LogP contribution is 1.77. The summed E-state index contributed by atoms with van der Waals surface area (Å²) in [5.74, 6) is 0. The van der Waals surface area contributed by atoms with Crippen LogP contribution in [0.2, 0.25) is 6.04 Å². The fourth-order valence-corrected chi connectivity index (χ4v) is 1.12. The summed E-state index contributed by atoms with van der Waals surface area (Å²) in [6, 6.07) is 1.24. The maximum Gasteiger partial charge on any atom is 0.0469 e. The standard InChI is InChI=1S/C5H12OSi/c1-3-7-5-4-6-2/h3H,1,4-5,7H2,2H3. The maximum absolute atomic E-state index is 4.83. The Morgan fingerprint density at radius 3 is 3.00 bits per heavy atom. The molecule has 0 spiro atoms. The van der Waals surface area contributed by atoms with Crippen LogP contribution in [0.25, 0.3) is 0 Å². The fraction of sp³-hybridized carbons (Fsp3) is 0.600. The minimum atomic E-state index is 0.0496. The summed E-state index contributed by atoms with van der Waals surface area (Å²) in [6.07, 6.45) is 0. The van der Waals surface area contributed by atoms with Gasteiger partial charge in [0.05, 0.1) is 0 Å². The van der Waals surface area contributed by atoms with Crippen molar-refractivity contribution in [1.29, 1.82) is 0 Å². The summed E-state index contributed by atoms with van der Waals surface area (Å²) in [5, 5.41) is 0. The first-order valence-corrected chi connectivity index (χ1v) is 4.33. The predicted molar refractivity (Wildman–Crippen MR) is 35.4 cm³/mol. The molecule has 1 nitrogen and oxygen atoms in total. The molecule has 0 N–H and O–H groups in total. The molecule has 0 aliphatic heterocycles. The zero-order valence-electron chi connectivity index (χ0n) is 4.81. The Morgan fingerprint density at radius 1 is 1.86 bits per heavy atom. The van der Waals surface area contributed by atoms with Crippen LogP contribution in [0.15, 0.2) is 12.3 Å². The third-order valence-electron chi connectivity index (χ3n) is 0.757. The number of rotatable bonds is 4. The second kappa shape index (κ2) is 5.92. The van der Waals surface area contributed by atoms with Crippen molar-refractivity contribution in [2.24, 2.45) is 0 Å². The van der Waals surface area contributed by atoms with Crippen molar-refractivity contribution in [3.8, 4) is 0 Å². The molecule has 0 atom stereocenters. The molecule has 42 valence electrons. The summed E-state index contributed by atoms with van der Waals surface area (Å²) in [7, 11) is 1.78. The van der Waals surface area contributed by atoms with E-state index in [-0.39, 0.29) is 9.52 Å². The Hall–Kier alpha value is -0.0831. The van der Waals surface area contributed by atoms with Crippen LogP contribution in [0, 0.1) is 0 Å². The molecule has 7 heavy (non-hydrogen) atoms. The molecule has 0 unspecified atom stereocenters. The Balaban J connectivity index is 2.56. The number of methoxy groups -OCH3 is 1. The van der Waals surface area contributed by atoms with Gasteiger partial charge in [0.1, 0.15) is 0 Å². The van der Waals surface area contributed by atoms with E-state index in [1.807, 2.05) is 5.70 Å². The molecular formula is C5H12OSi. The molecule has 0 saturated heterocycles. The molecule has 0 fully saturated rings. The normalized spacial score (nSPS) is 10.4. The summed E-state index contributed by atoms with van der Waals surface area (Å²) in [6.45, 7) is 4.55. The van der Waals surface area contributed by atoms with E-state index in [2.05, 4.69) is 6.58 Å². The highest BCUT2D eigenvalue weighted by molar-refractivity contribution is 6.41. The van der Waals surface area contributed by atoms with Gasteiger partial charge in [0, 0.05) is 23.2 Å². The third-order valence-corrected chi connectivity index (χ3v) is 1.86. The number of hydrogen-bond acceptors (Lipinski definition) is 1. The van der Waals surface area contributed by atoms with Crippen molar-refractivity contribution in [2.75, 3.05) is 13.7 Å².